The lowest BCUT2D eigenvalue weighted by Crippen LogP contribution is -2.35. The molecule has 0 saturated carbocycles. The first-order valence-electron chi connectivity index (χ1n) is 5.13. The molecule has 0 aliphatic rings. The van der Waals surface area contributed by atoms with Gasteiger partial charge >= 0.3 is 0 Å². The zero-order valence-electron chi connectivity index (χ0n) is 9.49. The van der Waals surface area contributed by atoms with Gasteiger partial charge in [0.1, 0.15) is 0 Å². The van der Waals surface area contributed by atoms with Crippen molar-refractivity contribution in [3.05, 3.63) is 22.4 Å². The van der Waals surface area contributed by atoms with Crippen LogP contribution in [0.4, 0.5) is 0 Å². The minimum absolute atomic E-state index is 0.0298. The molecule has 84 valence electrons. The number of hydrogen-bond donors (Lipinski definition) is 1. The van der Waals surface area contributed by atoms with Crippen molar-refractivity contribution in [3.63, 3.8) is 0 Å². The van der Waals surface area contributed by atoms with Crippen LogP contribution in [-0.2, 0) is 0 Å². The van der Waals surface area contributed by atoms with Gasteiger partial charge in [-0.1, -0.05) is 6.07 Å². The molecule has 0 fully saturated rings. The second-order valence-electron chi connectivity index (χ2n) is 3.81. The third-order valence-corrected chi connectivity index (χ3v) is 3.25. The number of likely N-dealkylation sites (N-methyl/N-ethyl adjacent to an activating group) is 1. The number of amides is 1. The van der Waals surface area contributed by atoms with Crippen LogP contribution in [0.3, 0.4) is 0 Å². The molecule has 0 aliphatic heterocycles. The Labute approximate surface area is 95.1 Å². The molecule has 0 radical (unpaired) electrons. The van der Waals surface area contributed by atoms with Crippen molar-refractivity contribution >= 4 is 17.2 Å². The fraction of sp³-hybridized carbons (Fsp3) is 0.545. The van der Waals surface area contributed by atoms with Crippen molar-refractivity contribution in [2.75, 3.05) is 20.1 Å². The first-order chi connectivity index (χ1) is 7.11. The SMILES string of the molecule is CC(C)N(C)CCNC(=O)c1cccs1. The van der Waals surface area contributed by atoms with Gasteiger partial charge in [0.2, 0.25) is 0 Å². The highest BCUT2D eigenvalue weighted by molar-refractivity contribution is 7.12. The Hall–Kier alpha value is -0.870. The van der Waals surface area contributed by atoms with Crippen molar-refractivity contribution in [1.29, 1.82) is 0 Å². The highest BCUT2D eigenvalue weighted by Crippen LogP contribution is 2.07. The average molecular weight is 226 g/mol. The molecule has 4 heteroatoms. The van der Waals surface area contributed by atoms with E-state index < -0.39 is 0 Å². The summed E-state index contributed by atoms with van der Waals surface area (Å²) in [6, 6.07) is 4.25. The van der Waals surface area contributed by atoms with Gasteiger partial charge in [-0.05, 0) is 32.3 Å². The van der Waals surface area contributed by atoms with Gasteiger partial charge in [0.15, 0.2) is 0 Å². The number of thiophene rings is 1. The molecule has 1 heterocycles. The monoisotopic (exact) mass is 226 g/mol. The van der Waals surface area contributed by atoms with Crippen LogP contribution in [0.5, 0.6) is 0 Å². The summed E-state index contributed by atoms with van der Waals surface area (Å²) < 4.78 is 0. The minimum Gasteiger partial charge on any atom is -0.350 e. The van der Waals surface area contributed by atoms with Crippen LogP contribution in [0.15, 0.2) is 17.5 Å². The molecule has 1 amide bonds. The van der Waals surface area contributed by atoms with Gasteiger partial charge in [-0.2, -0.15) is 0 Å². The smallest absolute Gasteiger partial charge is 0.261 e. The Kier molecular flexibility index (Phi) is 4.78. The van der Waals surface area contributed by atoms with Crippen molar-refractivity contribution < 1.29 is 4.79 Å². The van der Waals surface area contributed by atoms with Crippen LogP contribution in [0.25, 0.3) is 0 Å². The third kappa shape index (κ3) is 4.01. The summed E-state index contributed by atoms with van der Waals surface area (Å²) in [5.74, 6) is 0.0298. The quantitative estimate of drug-likeness (QED) is 0.830. The van der Waals surface area contributed by atoms with Gasteiger partial charge in [-0.25, -0.2) is 0 Å². The van der Waals surface area contributed by atoms with E-state index in [-0.39, 0.29) is 5.91 Å². The molecule has 15 heavy (non-hydrogen) atoms. The molecule has 0 unspecified atom stereocenters. The average Bonchev–Trinajstić information content (AvgIpc) is 2.70. The maximum absolute atomic E-state index is 11.5. The van der Waals surface area contributed by atoms with Gasteiger partial charge in [-0.15, -0.1) is 11.3 Å². The van der Waals surface area contributed by atoms with Gasteiger partial charge in [0.05, 0.1) is 4.88 Å². The normalized spacial score (nSPS) is 11.0. The second kappa shape index (κ2) is 5.88. The Morgan fingerprint density at radius 3 is 2.87 bits per heavy atom. The first kappa shape index (κ1) is 12.2. The standard InChI is InChI=1S/C11H18N2OS/c1-9(2)13(3)7-6-12-11(14)10-5-4-8-15-10/h4-5,8-9H,6-7H2,1-3H3,(H,12,14). The molecule has 0 atom stereocenters. The van der Waals surface area contributed by atoms with Crippen molar-refractivity contribution in [1.82, 2.24) is 10.2 Å². The second-order valence-corrected chi connectivity index (χ2v) is 4.76. The van der Waals surface area contributed by atoms with E-state index in [2.05, 4.69) is 31.1 Å². The first-order valence-corrected chi connectivity index (χ1v) is 6.01. The highest BCUT2D eigenvalue weighted by atomic mass is 32.1. The molecular formula is C11H18N2OS. The maximum atomic E-state index is 11.5. The molecule has 1 N–H and O–H groups in total. The summed E-state index contributed by atoms with van der Waals surface area (Å²) in [7, 11) is 2.06. The van der Waals surface area contributed by atoms with E-state index in [1.54, 1.807) is 0 Å². The van der Waals surface area contributed by atoms with Crippen LogP contribution in [-0.4, -0.2) is 37.0 Å². The van der Waals surface area contributed by atoms with Crippen molar-refractivity contribution in [2.24, 2.45) is 0 Å². The van der Waals surface area contributed by atoms with E-state index in [0.29, 0.717) is 12.6 Å². The van der Waals surface area contributed by atoms with E-state index in [1.807, 2.05) is 17.5 Å². The number of hydrogen-bond acceptors (Lipinski definition) is 3. The summed E-state index contributed by atoms with van der Waals surface area (Å²) in [5, 5.41) is 4.81. The van der Waals surface area contributed by atoms with Gasteiger partial charge in [-0.3, -0.25) is 4.79 Å². The lowest BCUT2D eigenvalue weighted by atomic mass is 10.3. The number of nitrogens with one attached hydrogen (secondary N) is 1. The fourth-order valence-electron chi connectivity index (χ4n) is 1.10. The molecule has 0 saturated heterocycles. The zero-order valence-corrected chi connectivity index (χ0v) is 10.3. The van der Waals surface area contributed by atoms with Crippen LogP contribution in [0.2, 0.25) is 0 Å². The molecule has 1 rings (SSSR count). The predicted octanol–water partition coefficient (Wildman–Crippen LogP) is 1.82. The maximum Gasteiger partial charge on any atom is 0.261 e. The van der Waals surface area contributed by atoms with Crippen LogP contribution >= 0.6 is 11.3 Å². The molecule has 0 spiro atoms. The lowest BCUT2D eigenvalue weighted by molar-refractivity contribution is 0.0952. The van der Waals surface area contributed by atoms with Crippen molar-refractivity contribution in [2.45, 2.75) is 19.9 Å². The number of carbonyl (C=O) groups is 1. The topological polar surface area (TPSA) is 32.3 Å². The summed E-state index contributed by atoms with van der Waals surface area (Å²) in [6.45, 7) is 5.86. The Morgan fingerprint density at radius 1 is 1.60 bits per heavy atom. The highest BCUT2D eigenvalue weighted by Gasteiger charge is 2.06. The molecule has 0 aliphatic carbocycles. The fourth-order valence-corrected chi connectivity index (χ4v) is 1.74. The predicted molar refractivity (Wildman–Crippen MR) is 64.4 cm³/mol. The van der Waals surface area contributed by atoms with Gasteiger partial charge in [0.25, 0.3) is 5.91 Å². The Morgan fingerprint density at radius 2 is 2.33 bits per heavy atom. The third-order valence-electron chi connectivity index (χ3n) is 2.38. The van der Waals surface area contributed by atoms with Crippen LogP contribution in [0, 0.1) is 0 Å². The van der Waals surface area contributed by atoms with E-state index >= 15 is 0 Å². The zero-order chi connectivity index (χ0) is 11.3. The van der Waals surface area contributed by atoms with Crippen molar-refractivity contribution in [3.8, 4) is 0 Å². The van der Waals surface area contributed by atoms with Gasteiger partial charge < -0.3 is 10.2 Å². The van der Waals surface area contributed by atoms with Crippen LogP contribution in [0.1, 0.15) is 23.5 Å². The Balaban J connectivity index is 2.24. The van der Waals surface area contributed by atoms with Gasteiger partial charge in [0, 0.05) is 19.1 Å². The molecule has 1 aromatic heterocycles. The largest absolute Gasteiger partial charge is 0.350 e. The summed E-state index contributed by atoms with van der Waals surface area (Å²) >= 11 is 1.47. The molecular weight excluding hydrogens is 208 g/mol. The van der Waals surface area contributed by atoms with E-state index in [9.17, 15) is 4.79 Å². The number of carbonyl (C=O) groups excluding carboxylic acids is 1. The molecule has 3 nitrogen and oxygen atoms in total. The summed E-state index contributed by atoms with van der Waals surface area (Å²) in [5.41, 5.74) is 0. The summed E-state index contributed by atoms with van der Waals surface area (Å²) in [6.07, 6.45) is 0. The van der Waals surface area contributed by atoms with E-state index in [1.165, 1.54) is 11.3 Å². The molecule has 0 bridgehead atoms. The minimum atomic E-state index is 0.0298. The van der Waals surface area contributed by atoms with Crippen LogP contribution < -0.4 is 5.32 Å². The number of rotatable bonds is 5. The van der Waals surface area contributed by atoms with E-state index in [4.69, 9.17) is 0 Å². The lowest BCUT2D eigenvalue weighted by Gasteiger charge is -2.20. The van der Waals surface area contributed by atoms with E-state index in [0.717, 1.165) is 11.4 Å². The number of nitrogens with zero attached hydrogens (tertiary/aromatic N) is 1. The molecule has 0 aromatic carbocycles. The summed E-state index contributed by atoms with van der Waals surface area (Å²) in [4.78, 5) is 14.5. The Bertz CT molecular complexity index is 296. The molecule has 1 aromatic rings.